The fraction of sp³-hybridized carbons (Fsp3) is 0.467. The van der Waals surface area contributed by atoms with Crippen molar-refractivity contribution < 1.29 is 29.5 Å². The zero-order valence-electron chi connectivity index (χ0n) is 13.3. The molecule has 0 aromatic heterocycles. The van der Waals surface area contributed by atoms with Gasteiger partial charge in [0.2, 0.25) is 0 Å². The highest BCUT2D eigenvalue weighted by molar-refractivity contribution is 6.44. The molecule has 2 heterocycles. The Balaban J connectivity index is 1.84. The van der Waals surface area contributed by atoms with Crippen LogP contribution in [-0.2, 0) is 6.42 Å². The molecule has 2 aliphatic rings. The topological polar surface area (TPSA) is 112 Å². The lowest BCUT2D eigenvalue weighted by atomic mass is 9.78. The van der Waals surface area contributed by atoms with Gasteiger partial charge in [0.25, 0.3) is 0 Å². The SMILES string of the molecule is CC(=NO)N1CC[C@H](Oc2ccc3c(c2C(=O)O)OB(O)CC3)C1. The normalized spacial score (nSPS) is 20.6. The van der Waals surface area contributed by atoms with Crippen LogP contribution in [0.1, 0.15) is 29.3 Å². The van der Waals surface area contributed by atoms with Gasteiger partial charge < -0.3 is 29.6 Å². The molecule has 0 saturated carbocycles. The molecule has 1 atom stereocenters. The summed E-state index contributed by atoms with van der Waals surface area (Å²) in [6.45, 7) is 2.87. The lowest BCUT2D eigenvalue weighted by Crippen LogP contribution is -2.30. The number of oxime groups is 1. The summed E-state index contributed by atoms with van der Waals surface area (Å²) in [5.41, 5.74) is 0.693. The van der Waals surface area contributed by atoms with Gasteiger partial charge in [0.05, 0.1) is 6.54 Å². The number of carbonyl (C=O) groups is 1. The summed E-state index contributed by atoms with van der Waals surface area (Å²) in [6, 6.07) is 3.41. The molecule has 0 bridgehead atoms. The highest BCUT2D eigenvalue weighted by Crippen LogP contribution is 2.37. The van der Waals surface area contributed by atoms with Crippen LogP contribution in [0.5, 0.6) is 11.5 Å². The molecule has 0 aliphatic carbocycles. The molecule has 1 saturated heterocycles. The molecule has 1 aromatic carbocycles. The Hall–Kier alpha value is -2.42. The van der Waals surface area contributed by atoms with Crippen molar-refractivity contribution in [3.63, 3.8) is 0 Å². The van der Waals surface area contributed by atoms with Gasteiger partial charge in [0.15, 0.2) is 0 Å². The molecule has 0 amide bonds. The standard InChI is InChI=1S/C15H19BN2O6/c1-9(17-22)18-7-5-11(8-18)23-12-3-2-10-4-6-16(21)24-14(10)13(12)15(19)20/h2-3,11,21-22H,4-8H2,1H3,(H,19,20)/t11-/m0/s1. The Bertz CT molecular complexity index is 680. The Labute approximate surface area is 139 Å². The summed E-state index contributed by atoms with van der Waals surface area (Å²) < 4.78 is 11.2. The molecule has 8 nitrogen and oxygen atoms in total. The Morgan fingerprint density at radius 2 is 2.29 bits per heavy atom. The molecule has 1 aromatic rings. The van der Waals surface area contributed by atoms with Crippen LogP contribution in [0.3, 0.4) is 0 Å². The summed E-state index contributed by atoms with van der Waals surface area (Å²) in [4.78, 5) is 13.6. The van der Waals surface area contributed by atoms with E-state index in [9.17, 15) is 14.9 Å². The second kappa shape index (κ2) is 6.60. The van der Waals surface area contributed by atoms with Gasteiger partial charge in [-0.05, 0) is 31.3 Å². The van der Waals surface area contributed by atoms with Gasteiger partial charge in [-0.1, -0.05) is 11.2 Å². The van der Waals surface area contributed by atoms with E-state index in [0.717, 1.165) is 5.56 Å². The number of ether oxygens (including phenoxy) is 1. The summed E-state index contributed by atoms with van der Waals surface area (Å²) in [5.74, 6) is -0.252. The van der Waals surface area contributed by atoms with Crippen molar-refractivity contribution in [3.05, 3.63) is 23.3 Å². The number of aryl methyl sites for hydroxylation is 1. The van der Waals surface area contributed by atoms with Crippen molar-refractivity contribution in [2.24, 2.45) is 5.16 Å². The molecule has 3 N–H and O–H groups in total. The van der Waals surface area contributed by atoms with E-state index in [4.69, 9.17) is 14.6 Å². The van der Waals surface area contributed by atoms with Crippen molar-refractivity contribution in [1.29, 1.82) is 0 Å². The molecule has 0 spiro atoms. The van der Waals surface area contributed by atoms with Crippen LogP contribution in [0.4, 0.5) is 0 Å². The molecule has 0 unspecified atom stereocenters. The second-order valence-electron chi connectivity index (χ2n) is 5.97. The van der Waals surface area contributed by atoms with E-state index in [0.29, 0.717) is 38.1 Å². The van der Waals surface area contributed by atoms with Gasteiger partial charge in [-0.15, -0.1) is 0 Å². The minimum atomic E-state index is -1.15. The lowest BCUT2D eigenvalue weighted by Gasteiger charge is -2.24. The lowest BCUT2D eigenvalue weighted by molar-refractivity contribution is 0.0686. The maximum Gasteiger partial charge on any atom is 0.522 e. The van der Waals surface area contributed by atoms with E-state index < -0.39 is 13.1 Å². The summed E-state index contributed by atoms with van der Waals surface area (Å²) >= 11 is 0. The van der Waals surface area contributed by atoms with Gasteiger partial charge in [0.1, 0.15) is 29.0 Å². The van der Waals surface area contributed by atoms with Crippen LogP contribution in [0, 0.1) is 0 Å². The third kappa shape index (κ3) is 3.12. The van der Waals surface area contributed by atoms with Crippen molar-refractivity contribution >= 4 is 18.9 Å². The Morgan fingerprint density at radius 1 is 1.50 bits per heavy atom. The summed E-state index contributed by atoms with van der Waals surface area (Å²) in [5, 5.41) is 31.2. The average Bonchev–Trinajstić information content (AvgIpc) is 3.01. The minimum absolute atomic E-state index is 0.0581. The number of carboxylic acids is 1. The van der Waals surface area contributed by atoms with E-state index in [1.165, 1.54) is 0 Å². The fourth-order valence-corrected chi connectivity index (χ4v) is 3.08. The summed E-state index contributed by atoms with van der Waals surface area (Å²) in [7, 11) is -1.00. The molecule has 3 rings (SSSR count). The highest BCUT2D eigenvalue weighted by Gasteiger charge is 2.32. The average molecular weight is 334 g/mol. The number of hydrogen-bond acceptors (Lipinski definition) is 6. The molecular formula is C15H19BN2O6. The van der Waals surface area contributed by atoms with Crippen LogP contribution in [0.25, 0.3) is 0 Å². The van der Waals surface area contributed by atoms with E-state index in [2.05, 4.69) is 5.16 Å². The number of benzene rings is 1. The first kappa shape index (κ1) is 16.4. The van der Waals surface area contributed by atoms with Crippen LogP contribution in [0.15, 0.2) is 17.3 Å². The van der Waals surface area contributed by atoms with Crippen molar-refractivity contribution in [2.75, 3.05) is 13.1 Å². The third-order valence-corrected chi connectivity index (χ3v) is 4.37. The number of carboxylic acid groups (broad SMARTS) is 1. The van der Waals surface area contributed by atoms with Crippen LogP contribution in [0.2, 0.25) is 6.32 Å². The van der Waals surface area contributed by atoms with Crippen molar-refractivity contribution in [2.45, 2.75) is 32.2 Å². The molecule has 0 radical (unpaired) electrons. The monoisotopic (exact) mass is 334 g/mol. The van der Waals surface area contributed by atoms with Crippen molar-refractivity contribution in [1.82, 2.24) is 4.90 Å². The Morgan fingerprint density at radius 3 is 3.00 bits per heavy atom. The Kier molecular flexibility index (Phi) is 4.52. The first-order chi connectivity index (χ1) is 11.5. The number of amidine groups is 1. The largest absolute Gasteiger partial charge is 0.535 e. The molecule has 2 aliphatic heterocycles. The van der Waals surface area contributed by atoms with Gasteiger partial charge >= 0.3 is 13.1 Å². The van der Waals surface area contributed by atoms with E-state index in [1.54, 1.807) is 19.1 Å². The van der Waals surface area contributed by atoms with E-state index in [1.807, 2.05) is 4.90 Å². The maximum absolute atomic E-state index is 11.7. The first-order valence-corrected chi connectivity index (χ1v) is 7.83. The second-order valence-corrected chi connectivity index (χ2v) is 5.97. The molecule has 9 heteroatoms. The third-order valence-electron chi connectivity index (χ3n) is 4.37. The zero-order chi connectivity index (χ0) is 17.3. The highest BCUT2D eigenvalue weighted by atomic mass is 16.5. The van der Waals surface area contributed by atoms with Crippen LogP contribution in [-0.4, -0.2) is 58.4 Å². The number of rotatable bonds is 3. The van der Waals surface area contributed by atoms with Gasteiger partial charge in [-0.25, -0.2) is 4.79 Å². The van der Waals surface area contributed by atoms with Crippen LogP contribution < -0.4 is 9.39 Å². The van der Waals surface area contributed by atoms with Gasteiger partial charge in [0, 0.05) is 13.0 Å². The molecule has 24 heavy (non-hydrogen) atoms. The van der Waals surface area contributed by atoms with Crippen LogP contribution >= 0.6 is 0 Å². The molecular weight excluding hydrogens is 315 g/mol. The maximum atomic E-state index is 11.7. The van der Waals surface area contributed by atoms with Gasteiger partial charge in [-0.3, -0.25) is 0 Å². The predicted octanol–water partition coefficient (Wildman–Crippen LogP) is 1.06. The minimum Gasteiger partial charge on any atom is -0.535 e. The fourth-order valence-electron chi connectivity index (χ4n) is 3.08. The number of aromatic carboxylic acids is 1. The number of likely N-dealkylation sites (tertiary alicyclic amines) is 1. The number of hydrogen-bond donors (Lipinski definition) is 3. The molecule has 1 fully saturated rings. The van der Waals surface area contributed by atoms with Crippen molar-refractivity contribution in [3.8, 4) is 11.5 Å². The predicted molar refractivity (Wildman–Crippen MR) is 86.0 cm³/mol. The van der Waals surface area contributed by atoms with Gasteiger partial charge in [-0.2, -0.15) is 0 Å². The summed E-state index contributed by atoms with van der Waals surface area (Å²) in [6.07, 6.45) is 1.46. The first-order valence-electron chi connectivity index (χ1n) is 7.83. The number of nitrogens with zero attached hydrogens (tertiary/aromatic N) is 2. The van der Waals surface area contributed by atoms with E-state index in [-0.39, 0.29) is 23.2 Å². The van der Waals surface area contributed by atoms with E-state index >= 15 is 0 Å². The quantitative estimate of drug-likeness (QED) is 0.249. The number of fused-ring (bicyclic) bond motifs is 1. The zero-order valence-corrected chi connectivity index (χ0v) is 13.3. The smallest absolute Gasteiger partial charge is 0.522 e. The molecule has 128 valence electrons.